The first kappa shape index (κ1) is 12.8. The molecule has 0 aliphatic carbocycles. The summed E-state index contributed by atoms with van der Waals surface area (Å²) in [6.45, 7) is 0. The van der Waals surface area contributed by atoms with Gasteiger partial charge in [0, 0.05) is 17.2 Å². The summed E-state index contributed by atoms with van der Waals surface area (Å²) in [5.74, 6) is 6.77. The Labute approximate surface area is 119 Å². The first-order valence-corrected chi connectivity index (χ1v) is 6.74. The van der Waals surface area contributed by atoms with Crippen LogP contribution in [0.15, 0.2) is 46.6 Å². The summed E-state index contributed by atoms with van der Waals surface area (Å²) in [6, 6.07) is 9.50. The number of hydrogen-bond acceptors (Lipinski definition) is 6. The van der Waals surface area contributed by atoms with Gasteiger partial charge in [-0.2, -0.15) is 0 Å². The van der Waals surface area contributed by atoms with Gasteiger partial charge in [0.2, 0.25) is 0 Å². The summed E-state index contributed by atoms with van der Waals surface area (Å²) in [4.78, 5) is 12.8. The van der Waals surface area contributed by atoms with E-state index in [1.807, 2.05) is 30.3 Å². The summed E-state index contributed by atoms with van der Waals surface area (Å²) in [5.41, 5.74) is 4.37. The van der Waals surface area contributed by atoms with Crippen LogP contribution in [0.25, 0.3) is 11.0 Å². The number of fused-ring (bicyclic) bond motifs is 1. The number of ether oxygens (including phenoxy) is 1. The van der Waals surface area contributed by atoms with E-state index in [9.17, 15) is 0 Å². The molecule has 4 N–H and O–H groups in total. The normalized spacial score (nSPS) is 10.7. The predicted octanol–water partition coefficient (Wildman–Crippen LogP) is 2.40. The maximum absolute atomic E-state index is 5.35. The van der Waals surface area contributed by atoms with Gasteiger partial charge >= 0.3 is 0 Å². The number of nitrogens with zero attached hydrogens (tertiary/aromatic N) is 2. The fourth-order valence-corrected chi connectivity index (χ4v) is 2.63. The van der Waals surface area contributed by atoms with Crippen molar-refractivity contribution in [1.82, 2.24) is 15.0 Å². The third-order valence-electron chi connectivity index (χ3n) is 2.76. The van der Waals surface area contributed by atoms with Gasteiger partial charge in [-0.25, -0.2) is 15.8 Å². The second kappa shape index (κ2) is 5.40. The van der Waals surface area contributed by atoms with Gasteiger partial charge in [0.1, 0.15) is 11.6 Å². The summed E-state index contributed by atoms with van der Waals surface area (Å²) in [5, 5.41) is 0.808. The maximum Gasteiger partial charge on any atom is 0.171 e. The van der Waals surface area contributed by atoms with E-state index >= 15 is 0 Å². The molecule has 0 unspecified atom stereocenters. The summed E-state index contributed by atoms with van der Waals surface area (Å²) in [6.07, 6.45) is 1.70. The number of rotatable bonds is 4. The van der Waals surface area contributed by atoms with Crippen LogP contribution in [-0.2, 0) is 0 Å². The van der Waals surface area contributed by atoms with Gasteiger partial charge in [0.25, 0.3) is 0 Å². The average molecular weight is 287 g/mol. The SMILES string of the molecule is COc1ccc2nc(Sc3ccnc(NN)c3)[nH]c2c1. The quantitative estimate of drug-likeness (QED) is 0.504. The second-order valence-electron chi connectivity index (χ2n) is 4.05. The van der Waals surface area contributed by atoms with Crippen LogP contribution in [0.2, 0.25) is 0 Å². The van der Waals surface area contributed by atoms with E-state index in [1.165, 1.54) is 11.8 Å². The molecule has 102 valence electrons. The van der Waals surface area contributed by atoms with Crippen LogP contribution in [0, 0.1) is 0 Å². The van der Waals surface area contributed by atoms with Gasteiger partial charge in [0.05, 0.1) is 18.1 Å². The highest BCUT2D eigenvalue weighted by molar-refractivity contribution is 7.99. The van der Waals surface area contributed by atoms with Crippen LogP contribution in [0.1, 0.15) is 0 Å². The molecule has 0 spiro atoms. The zero-order valence-electron chi connectivity index (χ0n) is 10.8. The van der Waals surface area contributed by atoms with Crippen LogP contribution >= 0.6 is 11.8 Å². The van der Waals surface area contributed by atoms with Crippen molar-refractivity contribution < 1.29 is 4.74 Å². The van der Waals surface area contributed by atoms with Gasteiger partial charge < -0.3 is 15.1 Å². The fourth-order valence-electron chi connectivity index (χ4n) is 1.81. The Morgan fingerprint density at radius 3 is 3.00 bits per heavy atom. The Morgan fingerprint density at radius 2 is 2.20 bits per heavy atom. The minimum atomic E-state index is 0.618. The molecule has 0 radical (unpaired) electrons. The maximum atomic E-state index is 5.35. The third-order valence-corrected chi connectivity index (χ3v) is 3.64. The van der Waals surface area contributed by atoms with Crippen molar-refractivity contribution in [3.05, 3.63) is 36.5 Å². The highest BCUT2D eigenvalue weighted by atomic mass is 32.2. The number of anilines is 1. The molecule has 0 saturated carbocycles. The molecule has 3 aromatic rings. The average Bonchev–Trinajstić information content (AvgIpc) is 2.88. The van der Waals surface area contributed by atoms with Crippen molar-refractivity contribution in [2.75, 3.05) is 12.5 Å². The first-order chi connectivity index (χ1) is 9.78. The number of nitrogens with one attached hydrogen (secondary N) is 2. The molecule has 2 aromatic heterocycles. The van der Waals surface area contributed by atoms with Gasteiger partial charge in [0.15, 0.2) is 5.16 Å². The van der Waals surface area contributed by atoms with Crippen LogP contribution in [0.5, 0.6) is 5.75 Å². The van der Waals surface area contributed by atoms with Crippen molar-refractivity contribution in [1.29, 1.82) is 0 Å². The van der Waals surface area contributed by atoms with Gasteiger partial charge in [-0.05, 0) is 24.3 Å². The molecule has 0 fully saturated rings. The largest absolute Gasteiger partial charge is 0.497 e. The molecule has 0 amide bonds. The number of hydrogen-bond donors (Lipinski definition) is 3. The van der Waals surface area contributed by atoms with Crippen LogP contribution in [0.3, 0.4) is 0 Å². The Bertz CT molecular complexity index is 742. The topological polar surface area (TPSA) is 88.8 Å². The number of aromatic amines is 1. The predicted molar refractivity (Wildman–Crippen MR) is 78.8 cm³/mol. The number of H-pyrrole nitrogens is 1. The van der Waals surface area contributed by atoms with Crippen LogP contribution in [-0.4, -0.2) is 22.1 Å². The Balaban J connectivity index is 1.90. The van der Waals surface area contributed by atoms with E-state index in [4.69, 9.17) is 10.6 Å². The number of hydrazine groups is 1. The number of nitrogens with two attached hydrogens (primary N) is 1. The molecule has 6 nitrogen and oxygen atoms in total. The molecular formula is C13H13N5OS. The lowest BCUT2D eigenvalue weighted by Crippen LogP contribution is -2.07. The van der Waals surface area contributed by atoms with Gasteiger partial charge in [-0.15, -0.1) is 0 Å². The van der Waals surface area contributed by atoms with E-state index in [-0.39, 0.29) is 0 Å². The van der Waals surface area contributed by atoms with Crippen molar-refractivity contribution in [2.24, 2.45) is 5.84 Å². The number of imidazole rings is 1. The first-order valence-electron chi connectivity index (χ1n) is 5.93. The number of methoxy groups -OCH3 is 1. The van der Waals surface area contributed by atoms with E-state index in [0.717, 1.165) is 26.8 Å². The second-order valence-corrected chi connectivity index (χ2v) is 5.11. The van der Waals surface area contributed by atoms with E-state index in [2.05, 4.69) is 20.4 Å². The Kier molecular flexibility index (Phi) is 3.44. The number of pyridine rings is 1. The zero-order valence-corrected chi connectivity index (χ0v) is 11.6. The molecule has 0 aliphatic rings. The van der Waals surface area contributed by atoms with E-state index < -0.39 is 0 Å². The standard InChI is InChI=1S/C13H13N5OS/c1-19-8-2-3-10-11(6-8)17-13(16-10)20-9-4-5-15-12(7-9)18-14/h2-7H,14H2,1H3,(H,15,18)(H,16,17). The van der Waals surface area contributed by atoms with Crippen molar-refractivity contribution >= 4 is 28.6 Å². The van der Waals surface area contributed by atoms with E-state index in [1.54, 1.807) is 13.3 Å². The monoisotopic (exact) mass is 287 g/mol. The number of aromatic nitrogens is 3. The fraction of sp³-hybridized carbons (Fsp3) is 0.0769. The number of nitrogen functional groups attached to an aromatic ring is 1. The van der Waals surface area contributed by atoms with Gasteiger partial charge in [-0.1, -0.05) is 11.8 Å². The smallest absolute Gasteiger partial charge is 0.171 e. The molecule has 0 saturated heterocycles. The summed E-state index contributed by atoms with van der Waals surface area (Å²) >= 11 is 1.51. The molecule has 0 bridgehead atoms. The lowest BCUT2D eigenvalue weighted by molar-refractivity contribution is 0.415. The summed E-state index contributed by atoms with van der Waals surface area (Å²) in [7, 11) is 1.64. The van der Waals surface area contributed by atoms with Crippen molar-refractivity contribution in [3.63, 3.8) is 0 Å². The lowest BCUT2D eigenvalue weighted by atomic mass is 10.3. The Hall–Kier alpha value is -2.25. The van der Waals surface area contributed by atoms with Crippen molar-refractivity contribution in [3.8, 4) is 5.75 Å². The highest BCUT2D eigenvalue weighted by Crippen LogP contribution is 2.29. The van der Waals surface area contributed by atoms with E-state index in [0.29, 0.717) is 5.82 Å². The molecule has 0 atom stereocenters. The zero-order chi connectivity index (χ0) is 13.9. The minimum Gasteiger partial charge on any atom is -0.497 e. The minimum absolute atomic E-state index is 0.618. The summed E-state index contributed by atoms with van der Waals surface area (Å²) < 4.78 is 5.20. The highest BCUT2D eigenvalue weighted by Gasteiger charge is 2.06. The van der Waals surface area contributed by atoms with Gasteiger partial charge in [-0.3, -0.25) is 0 Å². The van der Waals surface area contributed by atoms with Crippen LogP contribution < -0.4 is 16.0 Å². The molecule has 2 heterocycles. The molecule has 3 rings (SSSR count). The lowest BCUT2D eigenvalue weighted by Gasteiger charge is -2.01. The molecule has 0 aliphatic heterocycles. The molecule has 1 aromatic carbocycles. The van der Waals surface area contributed by atoms with Crippen LogP contribution in [0.4, 0.5) is 5.82 Å². The van der Waals surface area contributed by atoms with Crippen molar-refractivity contribution in [2.45, 2.75) is 10.1 Å². The Morgan fingerprint density at radius 1 is 1.30 bits per heavy atom. The molecule has 20 heavy (non-hydrogen) atoms. The third kappa shape index (κ3) is 2.54. The molecule has 7 heteroatoms. The molecular weight excluding hydrogens is 274 g/mol. The number of benzene rings is 1.